The number of hydrogen-bond acceptors (Lipinski definition) is 6. The molecular weight excluding hydrogens is 262 g/mol. The lowest BCUT2D eigenvalue weighted by Crippen LogP contribution is -2.32. The van der Waals surface area contributed by atoms with E-state index in [9.17, 15) is 14.9 Å². The molecule has 8 heteroatoms. The van der Waals surface area contributed by atoms with Crippen molar-refractivity contribution < 1.29 is 9.72 Å². The van der Waals surface area contributed by atoms with Crippen LogP contribution in [0.4, 0.5) is 17.1 Å². The van der Waals surface area contributed by atoms with Crippen LogP contribution in [0, 0.1) is 16.0 Å². The third-order valence-corrected chi connectivity index (χ3v) is 2.52. The van der Waals surface area contributed by atoms with Gasteiger partial charge in [0.15, 0.2) is 0 Å². The molecule has 5 N–H and O–H groups in total. The molecule has 0 heterocycles. The van der Waals surface area contributed by atoms with Gasteiger partial charge in [-0.15, -0.1) is 0 Å². The normalized spacial score (nSPS) is 10.2. The molecule has 1 aromatic rings. The van der Waals surface area contributed by atoms with E-state index in [-0.39, 0.29) is 29.5 Å². The first kappa shape index (κ1) is 15.7. The van der Waals surface area contributed by atoms with Crippen LogP contribution in [0.1, 0.15) is 13.8 Å². The van der Waals surface area contributed by atoms with Gasteiger partial charge in [0.25, 0.3) is 0 Å². The summed E-state index contributed by atoms with van der Waals surface area (Å²) < 4.78 is 0. The van der Waals surface area contributed by atoms with Crippen molar-refractivity contribution in [3.8, 4) is 0 Å². The second kappa shape index (κ2) is 7.29. The summed E-state index contributed by atoms with van der Waals surface area (Å²) in [5, 5.41) is 16.5. The largest absolute Gasteiger partial charge is 0.370 e. The molecule has 0 aliphatic carbocycles. The van der Waals surface area contributed by atoms with E-state index in [1.807, 2.05) is 13.8 Å². The van der Waals surface area contributed by atoms with Crippen molar-refractivity contribution in [2.45, 2.75) is 13.8 Å². The number of rotatable bonds is 7. The zero-order valence-electron chi connectivity index (χ0n) is 11.5. The van der Waals surface area contributed by atoms with Crippen LogP contribution < -0.4 is 21.9 Å². The van der Waals surface area contributed by atoms with Crippen molar-refractivity contribution in [3.05, 3.63) is 28.3 Å². The third-order valence-electron chi connectivity index (χ3n) is 2.52. The topological polar surface area (TPSA) is 122 Å². The van der Waals surface area contributed by atoms with Crippen LogP contribution >= 0.6 is 0 Å². The number of hydrogen-bond donors (Lipinski definition) is 4. The van der Waals surface area contributed by atoms with E-state index in [2.05, 4.69) is 16.1 Å². The van der Waals surface area contributed by atoms with Gasteiger partial charge in [-0.05, 0) is 18.1 Å². The Morgan fingerprint density at radius 1 is 1.40 bits per heavy atom. The lowest BCUT2D eigenvalue weighted by molar-refractivity contribution is -0.383. The van der Waals surface area contributed by atoms with E-state index in [0.29, 0.717) is 12.5 Å². The van der Waals surface area contributed by atoms with Crippen LogP contribution in [0.2, 0.25) is 0 Å². The predicted molar refractivity (Wildman–Crippen MR) is 77.2 cm³/mol. The maximum atomic E-state index is 11.6. The Hall–Kier alpha value is -2.35. The second-order valence-corrected chi connectivity index (χ2v) is 4.65. The molecule has 0 atom stereocenters. The Bertz CT molecular complexity index is 490. The SMILES string of the molecule is CC(C)CNC(=O)CNc1cccc(NN)c1[N+](=O)[O-]. The summed E-state index contributed by atoms with van der Waals surface area (Å²) in [7, 11) is 0. The fourth-order valence-corrected chi connectivity index (χ4v) is 1.56. The van der Waals surface area contributed by atoms with E-state index in [0.717, 1.165) is 0 Å². The third kappa shape index (κ3) is 4.39. The van der Waals surface area contributed by atoms with Gasteiger partial charge < -0.3 is 16.1 Å². The standard InChI is InChI=1S/C12H19N5O3/c1-8(2)6-15-11(18)7-14-9-4-3-5-10(16-13)12(9)17(19)20/h3-5,8,14,16H,6-7,13H2,1-2H3,(H,15,18). The highest BCUT2D eigenvalue weighted by Gasteiger charge is 2.19. The maximum Gasteiger partial charge on any atom is 0.316 e. The number of nitrogens with one attached hydrogen (secondary N) is 3. The van der Waals surface area contributed by atoms with Crippen molar-refractivity contribution in [1.29, 1.82) is 0 Å². The Labute approximate surface area is 116 Å². The molecule has 1 aromatic carbocycles. The van der Waals surface area contributed by atoms with Crippen LogP contribution in [0.3, 0.4) is 0 Å². The van der Waals surface area contributed by atoms with Crippen molar-refractivity contribution in [3.63, 3.8) is 0 Å². The lowest BCUT2D eigenvalue weighted by atomic mass is 10.2. The summed E-state index contributed by atoms with van der Waals surface area (Å²) in [4.78, 5) is 22.1. The maximum absolute atomic E-state index is 11.6. The van der Waals surface area contributed by atoms with Crippen molar-refractivity contribution in [2.75, 3.05) is 23.8 Å². The number of benzene rings is 1. The predicted octanol–water partition coefficient (Wildman–Crippen LogP) is 1.06. The molecule has 0 saturated heterocycles. The molecule has 1 amide bonds. The van der Waals surface area contributed by atoms with Crippen LogP contribution in [-0.4, -0.2) is 23.9 Å². The lowest BCUT2D eigenvalue weighted by Gasteiger charge is -2.11. The summed E-state index contributed by atoms with van der Waals surface area (Å²) in [6, 6.07) is 4.62. The van der Waals surface area contributed by atoms with Crippen LogP contribution in [0.5, 0.6) is 0 Å². The fourth-order valence-electron chi connectivity index (χ4n) is 1.56. The summed E-state index contributed by atoms with van der Waals surface area (Å²) >= 11 is 0. The zero-order valence-corrected chi connectivity index (χ0v) is 11.5. The highest BCUT2D eigenvalue weighted by molar-refractivity contribution is 5.83. The second-order valence-electron chi connectivity index (χ2n) is 4.65. The van der Waals surface area contributed by atoms with Gasteiger partial charge in [0.1, 0.15) is 11.4 Å². The number of nitrogen functional groups attached to an aromatic ring is 1. The van der Waals surface area contributed by atoms with Crippen LogP contribution in [0.15, 0.2) is 18.2 Å². The van der Waals surface area contributed by atoms with Gasteiger partial charge in [-0.1, -0.05) is 19.9 Å². The average molecular weight is 281 g/mol. The number of amides is 1. The molecule has 0 aliphatic rings. The molecular formula is C12H19N5O3. The van der Waals surface area contributed by atoms with E-state index >= 15 is 0 Å². The van der Waals surface area contributed by atoms with Crippen LogP contribution in [0.25, 0.3) is 0 Å². The Morgan fingerprint density at radius 3 is 2.60 bits per heavy atom. The molecule has 20 heavy (non-hydrogen) atoms. The monoisotopic (exact) mass is 281 g/mol. The molecule has 0 aromatic heterocycles. The van der Waals surface area contributed by atoms with Gasteiger partial charge in [0, 0.05) is 6.54 Å². The summed E-state index contributed by atoms with van der Waals surface area (Å²) in [5.74, 6) is 5.36. The molecule has 8 nitrogen and oxygen atoms in total. The van der Waals surface area contributed by atoms with Gasteiger partial charge in [0.2, 0.25) is 5.91 Å². The van der Waals surface area contributed by atoms with Gasteiger partial charge in [-0.25, -0.2) is 0 Å². The highest BCUT2D eigenvalue weighted by atomic mass is 16.6. The smallest absolute Gasteiger partial charge is 0.316 e. The minimum atomic E-state index is -0.552. The van der Waals surface area contributed by atoms with Gasteiger partial charge in [0.05, 0.1) is 11.5 Å². The highest BCUT2D eigenvalue weighted by Crippen LogP contribution is 2.31. The molecule has 0 unspecified atom stereocenters. The number of carbonyl (C=O) groups is 1. The van der Waals surface area contributed by atoms with Crippen molar-refractivity contribution in [1.82, 2.24) is 5.32 Å². The van der Waals surface area contributed by atoms with E-state index in [1.54, 1.807) is 6.07 Å². The summed E-state index contributed by atoms with van der Waals surface area (Å²) in [5.41, 5.74) is 2.50. The molecule has 1 rings (SSSR count). The number of hydrazine groups is 1. The first-order valence-electron chi connectivity index (χ1n) is 6.20. The van der Waals surface area contributed by atoms with Crippen molar-refractivity contribution in [2.24, 2.45) is 11.8 Å². The van der Waals surface area contributed by atoms with Gasteiger partial charge >= 0.3 is 5.69 Å². The Kier molecular flexibility index (Phi) is 5.73. The molecule has 0 bridgehead atoms. The van der Waals surface area contributed by atoms with E-state index < -0.39 is 4.92 Å². The molecule has 0 spiro atoms. The zero-order chi connectivity index (χ0) is 15.1. The minimum Gasteiger partial charge on any atom is -0.370 e. The fraction of sp³-hybridized carbons (Fsp3) is 0.417. The number of nitro benzene ring substituents is 1. The summed E-state index contributed by atoms with van der Waals surface area (Å²) in [6.07, 6.45) is 0. The van der Waals surface area contributed by atoms with Gasteiger partial charge in [-0.3, -0.25) is 20.8 Å². The Morgan fingerprint density at radius 2 is 2.05 bits per heavy atom. The van der Waals surface area contributed by atoms with Gasteiger partial charge in [-0.2, -0.15) is 0 Å². The first-order valence-corrected chi connectivity index (χ1v) is 6.20. The quantitative estimate of drug-likeness (QED) is 0.337. The Balaban J connectivity index is 2.73. The molecule has 0 fully saturated rings. The van der Waals surface area contributed by atoms with E-state index in [1.165, 1.54) is 12.1 Å². The number of carbonyl (C=O) groups excluding carboxylic acids is 1. The number of nitro groups is 1. The number of para-hydroxylation sites is 1. The first-order chi connectivity index (χ1) is 9.45. The van der Waals surface area contributed by atoms with Crippen LogP contribution in [-0.2, 0) is 4.79 Å². The number of nitrogens with zero attached hydrogens (tertiary/aromatic N) is 1. The number of nitrogens with two attached hydrogens (primary N) is 1. The summed E-state index contributed by atoms with van der Waals surface area (Å²) in [6.45, 7) is 4.48. The average Bonchev–Trinajstić information content (AvgIpc) is 2.41. The van der Waals surface area contributed by atoms with E-state index in [4.69, 9.17) is 5.84 Å². The molecule has 0 aliphatic heterocycles. The molecule has 0 saturated carbocycles. The molecule has 0 radical (unpaired) electrons. The number of anilines is 2. The van der Waals surface area contributed by atoms with Crippen molar-refractivity contribution >= 4 is 23.0 Å². The molecule has 110 valence electrons. The minimum absolute atomic E-state index is 0.0401.